The highest BCUT2D eigenvalue weighted by atomic mass is 35.5. The first-order valence-electron chi connectivity index (χ1n) is 6.48. The molecular weight excluding hydrogens is 320 g/mol. The van der Waals surface area contributed by atoms with Crippen LogP contribution in [0, 0.1) is 0 Å². The van der Waals surface area contributed by atoms with Gasteiger partial charge in [0.25, 0.3) is 0 Å². The second kappa shape index (κ2) is 7.38. The molecule has 0 spiro atoms. The van der Waals surface area contributed by atoms with E-state index in [9.17, 15) is 9.90 Å². The summed E-state index contributed by atoms with van der Waals surface area (Å²) in [6.07, 6.45) is 3.62. The quantitative estimate of drug-likeness (QED) is 0.489. The van der Waals surface area contributed by atoms with Crippen LogP contribution in [0.1, 0.15) is 11.1 Å². The Balaban J connectivity index is 2.42. The van der Waals surface area contributed by atoms with Gasteiger partial charge in [-0.2, -0.15) is 0 Å². The Morgan fingerprint density at radius 1 is 1.23 bits per heavy atom. The van der Waals surface area contributed by atoms with E-state index in [1.165, 1.54) is 7.11 Å². The summed E-state index contributed by atoms with van der Waals surface area (Å²) in [5.74, 6) is -0.491. The number of hydrogen-bond donors (Lipinski definition) is 1. The zero-order valence-corrected chi connectivity index (χ0v) is 13.7. The maximum atomic E-state index is 11.5. The highest BCUT2D eigenvalue weighted by Gasteiger charge is 2.12. The van der Waals surface area contributed by atoms with Crippen LogP contribution in [0.15, 0.2) is 47.4 Å². The Bertz CT molecular complexity index is 708. The lowest BCUT2D eigenvalue weighted by Crippen LogP contribution is -2.00. The van der Waals surface area contributed by atoms with E-state index in [4.69, 9.17) is 16.3 Å². The fourth-order valence-electron chi connectivity index (χ4n) is 1.97. The second-order valence-corrected chi connectivity index (χ2v) is 5.77. The summed E-state index contributed by atoms with van der Waals surface area (Å²) in [5, 5.41) is 9.84. The number of thioether (sulfide) groups is 1. The van der Waals surface area contributed by atoms with Gasteiger partial charge in [0.2, 0.25) is 0 Å². The van der Waals surface area contributed by atoms with Gasteiger partial charge in [0, 0.05) is 4.90 Å². The van der Waals surface area contributed by atoms with E-state index in [1.807, 2.05) is 30.5 Å². The zero-order valence-electron chi connectivity index (χ0n) is 12.2. The predicted molar refractivity (Wildman–Crippen MR) is 91.7 cm³/mol. The molecule has 1 N–H and O–H groups in total. The third-order valence-corrected chi connectivity index (χ3v) is 4.16. The standard InChI is InChI=1S/C17H15ClO3S/c1-21-16-8-5-12(10-15(16)18)14(17(19)20)9-11-3-6-13(22-2)7-4-11/h3-10H,1-2H3,(H,19,20)/b14-9-. The number of carbonyl (C=O) groups is 1. The Kier molecular flexibility index (Phi) is 5.52. The third kappa shape index (κ3) is 3.84. The van der Waals surface area contributed by atoms with Gasteiger partial charge < -0.3 is 9.84 Å². The summed E-state index contributed by atoms with van der Waals surface area (Å²) in [6.45, 7) is 0. The first-order valence-corrected chi connectivity index (χ1v) is 8.08. The van der Waals surface area contributed by atoms with E-state index < -0.39 is 5.97 Å². The highest BCUT2D eigenvalue weighted by molar-refractivity contribution is 7.98. The van der Waals surface area contributed by atoms with Gasteiger partial charge in [0.1, 0.15) is 5.75 Å². The Morgan fingerprint density at radius 3 is 2.41 bits per heavy atom. The van der Waals surface area contributed by atoms with Gasteiger partial charge in [-0.25, -0.2) is 4.79 Å². The van der Waals surface area contributed by atoms with Crippen molar-refractivity contribution in [3.63, 3.8) is 0 Å². The fraction of sp³-hybridized carbons (Fsp3) is 0.118. The maximum absolute atomic E-state index is 11.5. The molecule has 0 saturated heterocycles. The number of carboxylic acids is 1. The van der Waals surface area contributed by atoms with Crippen molar-refractivity contribution in [2.75, 3.05) is 13.4 Å². The molecule has 0 aliphatic carbocycles. The van der Waals surface area contributed by atoms with Crippen LogP contribution < -0.4 is 4.74 Å². The minimum atomic E-state index is -1.00. The highest BCUT2D eigenvalue weighted by Crippen LogP contribution is 2.29. The van der Waals surface area contributed by atoms with Gasteiger partial charge in [-0.1, -0.05) is 29.8 Å². The van der Waals surface area contributed by atoms with E-state index in [2.05, 4.69) is 0 Å². The van der Waals surface area contributed by atoms with Gasteiger partial charge in [-0.15, -0.1) is 11.8 Å². The van der Waals surface area contributed by atoms with Crippen molar-refractivity contribution in [1.82, 2.24) is 0 Å². The molecule has 3 nitrogen and oxygen atoms in total. The second-order valence-electron chi connectivity index (χ2n) is 4.49. The van der Waals surface area contributed by atoms with Gasteiger partial charge in [0.15, 0.2) is 0 Å². The molecular formula is C17H15ClO3S. The summed E-state index contributed by atoms with van der Waals surface area (Å²) in [6, 6.07) is 12.6. The predicted octanol–water partition coefficient (Wildman–Crippen LogP) is 4.70. The van der Waals surface area contributed by atoms with Crippen molar-refractivity contribution < 1.29 is 14.6 Å². The molecule has 0 heterocycles. The third-order valence-electron chi connectivity index (χ3n) is 3.12. The first-order chi connectivity index (χ1) is 10.5. The number of carboxylic acid groups (broad SMARTS) is 1. The summed E-state index contributed by atoms with van der Waals surface area (Å²) in [7, 11) is 1.52. The van der Waals surface area contributed by atoms with Crippen LogP contribution in [0.4, 0.5) is 0 Å². The summed E-state index contributed by atoms with van der Waals surface area (Å²) in [4.78, 5) is 12.7. The average Bonchev–Trinajstić information content (AvgIpc) is 2.52. The Morgan fingerprint density at radius 2 is 1.91 bits per heavy atom. The number of methoxy groups -OCH3 is 1. The lowest BCUT2D eigenvalue weighted by Gasteiger charge is -2.07. The summed E-state index contributed by atoms with van der Waals surface area (Å²) in [5.41, 5.74) is 1.54. The number of hydrogen-bond acceptors (Lipinski definition) is 3. The molecule has 22 heavy (non-hydrogen) atoms. The van der Waals surface area contributed by atoms with Gasteiger partial charge in [-0.3, -0.25) is 0 Å². The first kappa shape index (κ1) is 16.5. The molecule has 114 valence electrons. The molecule has 2 rings (SSSR count). The van der Waals surface area contributed by atoms with Crippen LogP contribution in [0.3, 0.4) is 0 Å². The number of ether oxygens (including phenoxy) is 1. The average molecular weight is 335 g/mol. The van der Waals surface area contributed by atoms with E-state index in [0.717, 1.165) is 10.5 Å². The molecule has 0 aliphatic rings. The van der Waals surface area contributed by atoms with Crippen LogP contribution in [-0.2, 0) is 4.79 Å². The van der Waals surface area contributed by atoms with Crippen LogP contribution in [0.25, 0.3) is 11.6 Å². The van der Waals surface area contributed by atoms with Crippen molar-refractivity contribution in [3.05, 3.63) is 58.6 Å². The SMILES string of the molecule is COc1ccc(/C(=C/c2ccc(SC)cc2)C(=O)O)cc1Cl. The monoisotopic (exact) mass is 334 g/mol. The van der Waals surface area contributed by atoms with Crippen LogP contribution in [-0.4, -0.2) is 24.4 Å². The summed E-state index contributed by atoms with van der Waals surface area (Å²) >= 11 is 7.71. The Hall–Kier alpha value is -1.91. The normalized spacial score (nSPS) is 11.3. The smallest absolute Gasteiger partial charge is 0.336 e. The van der Waals surface area contributed by atoms with Crippen molar-refractivity contribution in [1.29, 1.82) is 0 Å². The van der Waals surface area contributed by atoms with E-state index in [1.54, 1.807) is 36.0 Å². The van der Waals surface area contributed by atoms with Crippen LogP contribution >= 0.6 is 23.4 Å². The molecule has 0 bridgehead atoms. The van der Waals surface area contributed by atoms with Crippen LogP contribution in [0.2, 0.25) is 5.02 Å². The van der Waals surface area contributed by atoms with Crippen molar-refractivity contribution >= 4 is 41.0 Å². The van der Waals surface area contributed by atoms with Crippen molar-refractivity contribution in [2.45, 2.75) is 4.90 Å². The molecule has 0 radical (unpaired) electrons. The molecule has 5 heteroatoms. The van der Waals surface area contributed by atoms with Crippen LogP contribution in [0.5, 0.6) is 5.75 Å². The largest absolute Gasteiger partial charge is 0.495 e. The van der Waals surface area contributed by atoms with Crippen molar-refractivity contribution in [3.8, 4) is 5.75 Å². The maximum Gasteiger partial charge on any atom is 0.336 e. The molecule has 0 unspecified atom stereocenters. The Labute approximate surface area is 138 Å². The van der Waals surface area contributed by atoms with E-state index >= 15 is 0 Å². The topological polar surface area (TPSA) is 46.5 Å². The zero-order chi connectivity index (χ0) is 16.1. The molecule has 2 aromatic carbocycles. The van der Waals surface area contributed by atoms with E-state index in [0.29, 0.717) is 16.3 Å². The molecule has 2 aromatic rings. The minimum absolute atomic E-state index is 0.182. The van der Waals surface area contributed by atoms with E-state index in [-0.39, 0.29) is 5.57 Å². The van der Waals surface area contributed by atoms with Gasteiger partial charge >= 0.3 is 5.97 Å². The summed E-state index contributed by atoms with van der Waals surface area (Å²) < 4.78 is 5.08. The number of halogens is 1. The number of rotatable bonds is 5. The van der Waals surface area contributed by atoms with Gasteiger partial charge in [-0.05, 0) is 47.7 Å². The molecule has 0 saturated carbocycles. The molecule has 0 amide bonds. The minimum Gasteiger partial charge on any atom is -0.495 e. The van der Waals surface area contributed by atoms with Crippen molar-refractivity contribution in [2.24, 2.45) is 0 Å². The lowest BCUT2D eigenvalue weighted by atomic mass is 10.0. The van der Waals surface area contributed by atoms with Gasteiger partial charge in [0.05, 0.1) is 17.7 Å². The molecule has 0 fully saturated rings. The molecule has 0 atom stereocenters. The molecule has 0 aliphatic heterocycles. The molecule has 0 aromatic heterocycles. The number of aliphatic carboxylic acids is 1. The lowest BCUT2D eigenvalue weighted by molar-refractivity contribution is -0.130. The number of benzene rings is 2. The fourth-order valence-corrected chi connectivity index (χ4v) is 2.64.